The van der Waals surface area contributed by atoms with Gasteiger partial charge in [0.1, 0.15) is 5.69 Å². The van der Waals surface area contributed by atoms with Gasteiger partial charge in [0.15, 0.2) is 5.13 Å². The van der Waals surface area contributed by atoms with Crippen molar-refractivity contribution in [1.82, 2.24) is 9.97 Å². The molecule has 28 heavy (non-hydrogen) atoms. The molecule has 3 N–H and O–H groups in total. The second-order valence-electron chi connectivity index (χ2n) is 5.80. The Morgan fingerprint density at radius 1 is 1.11 bits per heavy atom. The van der Waals surface area contributed by atoms with Crippen molar-refractivity contribution in [2.24, 2.45) is 0 Å². The maximum absolute atomic E-state index is 12.5. The van der Waals surface area contributed by atoms with Gasteiger partial charge in [0.25, 0.3) is 15.9 Å². The number of nitrogens with zero attached hydrogens (tertiary/aromatic N) is 1. The first-order valence-corrected chi connectivity index (χ1v) is 11.1. The zero-order valence-electron chi connectivity index (χ0n) is 14.1. The minimum absolute atomic E-state index is 0.166. The summed E-state index contributed by atoms with van der Waals surface area (Å²) in [6.45, 7) is 0. The minimum Gasteiger partial charge on any atom is -0.357 e. The topological polar surface area (TPSA) is 104 Å². The first-order chi connectivity index (χ1) is 13.4. The van der Waals surface area contributed by atoms with Gasteiger partial charge in [-0.15, -0.1) is 0 Å². The summed E-state index contributed by atoms with van der Waals surface area (Å²) in [6, 6.07) is 14.8. The summed E-state index contributed by atoms with van der Waals surface area (Å²) >= 11 is 4.55. The number of sulfonamides is 1. The fourth-order valence-corrected chi connectivity index (χ4v) is 4.72. The Bertz CT molecular complexity index is 1250. The molecule has 0 bridgehead atoms. The number of anilines is 2. The van der Waals surface area contributed by atoms with E-state index in [1.165, 1.54) is 23.5 Å². The highest BCUT2D eigenvalue weighted by atomic mass is 79.9. The van der Waals surface area contributed by atoms with Crippen molar-refractivity contribution < 1.29 is 13.2 Å². The van der Waals surface area contributed by atoms with E-state index in [1.54, 1.807) is 48.7 Å². The van der Waals surface area contributed by atoms with Gasteiger partial charge in [-0.05, 0) is 54.6 Å². The van der Waals surface area contributed by atoms with Gasteiger partial charge < -0.3 is 4.98 Å². The van der Waals surface area contributed by atoms with E-state index in [0.29, 0.717) is 22.0 Å². The van der Waals surface area contributed by atoms with Gasteiger partial charge in [0.2, 0.25) is 0 Å². The molecule has 7 nitrogen and oxygen atoms in total. The van der Waals surface area contributed by atoms with E-state index in [4.69, 9.17) is 0 Å². The number of H-pyrrole nitrogens is 1. The third-order valence-corrected chi connectivity index (χ3v) is 6.69. The van der Waals surface area contributed by atoms with Crippen LogP contribution in [0.25, 0.3) is 10.2 Å². The molecule has 0 atom stereocenters. The lowest BCUT2D eigenvalue weighted by molar-refractivity contribution is 0.102. The van der Waals surface area contributed by atoms with E-state index >= 15 is 0 Å². The largest absolute Gasteiger partial charge is 0.357 e. The van der Waals surface area contributed by atoms with Crippen molar-refractivity contribution in [3.63, 3.8) is 0 Å². The molecule has 0 aliphatic heterocycles. The normalized spacial score (nSPS) is 11.5. The Morgan fingerprint density at radius 2 is 1.89 bits per heavy atom. The van der Waals surface area contributed by atoms with Gasteiger partial charge in [-0.3, -0.25) is 14.8 Å². The predicted molar refractivity (Wildman–Crippen MR) is 113 cm³/mol. The van der Waals surface area contributed by atoms with E-state index in [2.05, 4.69) is 35.9 Å². The number of thiazole rings is 1. The molecule has 10 heteroatoms. The van der Waals surface area contributed by atoms with Gasteiger partial charge in [-0.25, -0.2) is 13.4 Å². The molecule has 4 aromatic rings. The first-order valence-electron chi connectivity index (χ1n) is 8.04. The number of carbonyl (C=O) groups excluding carboxylic acids is 1. The second-order valence-corrected chi connectivity index (χ2v) is 9.43. The molecule has 0 fully saturated rings. The minimum atomic E-state index is -3.70. The number of nitrogens with one attached hydrogen (secondary N) is 3. The highest BCUT2D eigenvalue weighted by Gasteiger charge is 2.15. The van der Waals surface area contributed by atoms with E-state index in [-0.39, 0.29) is 10.8 Å². The van der Waals surface area contributed by atoms with E-state index in [9.17, 15) is 13.2 Å². The van der Waals surface area contributed by atoms with Crippen LogP contribution in [0.15, 0.2) is 70.2 Å². The van der Waals surface area contributed by atoms with E-state index in [1.807, 2.05) is 0 Å². The summed E-state index contributed by atoms with van der Waals surface area (Å²) in [7, 11) is -3.70. The number of aromatic nitrogens is 2. The number of halogens is 1. The molecule has 0 unspecified atom stereocenters. The average Bonchev–Trinajstić information content (AvgIpc) is 3.30. The van der Waals surface area contributed by atoms with Crippen LogP contribution < -0.4 is 10.0 Å². The predicted octanol–water partition coefficient (Wildman–Crippen LogP) is 4.44. The van der Waals surface area contributed by atoms with Crippen LogP contribution in [0.3, 0.4) is 0 Å². The second kappa shape index (κ2) is 7.38. The fourth-order valence-electron chi connectivity index (χ4n) is 2.51. The van der Waals surface area contributed by atoms with Crippen molar-refractivity contribution in [2.45, 2.75) is 4.90 Å². The standard InChI is InChI=1S/C18H13BrN4O3S2/c19-11-3-6-13(7-4-11)28(25,26)23-12-5-8-14-16(10-12)27-18(21-14)22-17(24)15-2-1-9-20-15/h1-10,20,23H,(H,21,22,24). The molecule has 0 spiro atoms. The van der Waals surface area contributed by atoms with Crippen molar-refractivity contribution >= 4 is 64.2 Å². The Morgan fingerprint density at radius 3 is 2.61 bits per heavy atom. The van der Waals surface area contributed by atoms with Crippen LogP contribution in [0.2, 0.25) is 0 Å². The van der Waals surface area contributed by atoms with Crippen LogP contribution in [0.5, 0.6) is 0 Å². The number of rotatable bonds is 5. The van der Waals surface area contributed by atoms with Crippen molar-refractivity contribution in [3.05, 3.63) is 71.0 Å². The summed E-state index contributed by atoms with van der Waals surface area (Å²) in [5.41, 5.74) is 1.52. The van der Waals surface area contributed by atoms with Crippen LogP contribution in [-0.2, 0) is 10.0 Å². The van der Waals surface area contributed by atoms with Crippen molar-refractivity contribution in [1.29, 1.82) is 0 Å². The summed E-state index contributed by atoms with van der Waals surface area (Å²) < 4.78 is 29.2. The molecule has 2 aromatic carbocycles. The molecule has 0 radical (unpaired) electrons. The summed E-state index contributed by atoms with van der Waals surface area (Å²) in [5, 5.41) is 3.16. The Balaban J connectivity index is 1.56. The molecule has 0 saturated heterocycles. The van der Waals surface area contributed by atoms with Gasteiger partial charge in [0, 0.05) is 10.7 Å². The Labute approximate surface area is 173 Å². The maximum atomic E-state index is 12.5. The molecule has 0 aliphatic carbocycles. The third-order valence-electron chi connectivity index (χ3n) is 3.83. The average molecular weight is 477 g/mol. The summed E-state index contributed by atoms with van der Waals surface area (Å²) in [6.07, 6.45) is 1.66. The molecule has 2 aromatic heterocycles. The fraction of sp³-hybridized carbons (Fsp3) is 0. The molecule has 0 saturated carbocycles. The van der Waals surface area contributed by atoms with Crippen molar-refractivity contribution in [2.75, 3.05) is 10.0 Å². The third kappa shape index (κ3) is 3.93. The van der Waals surface area contributed by atoms with E-state index < -0.39 is 10.0 Å². The number of benzene rings is 2. The number of aromatic amines is 1. The molecule has 2 heterocycles. The van der Waals surface area contributed by atoms with Gasteiger partial charge >= 0.3 is 0 Å². The summed E-state index contributed by atoms with van der Waals surface area (Å²) in [4.78, 5) is 19.5. The number of hydrogen-bond donors (Lipinski definition) is 3. The molecular weight excluding hydrogens is 464 g/mol. The molecule has 4 rings (SSSR count). The number of amides is 1. The van der Waals surface area contributed by atoms with Gasteiger partial charge in [-0.2, -0.15) is 0 Å². The maximum Gasteiger partial charge on any atom is 0.273 e. The zero-order valence-corrected chi connectivity index (χ0v) is 17.4. The highest BCUT2D eigenvalue weighted by Crippen LogP contribution is 2.29. The quantitative estimate of drug-likeness (QED) is 0.395. The summed E-state index contributed by atoms with van der Waals surface area (Å²) in [5.74, 6) is -0.291. The first kappa shape index (κ1) is 18.7. The Kier molecular flexibility index (Phi) is 4.92. The number of carbonyl (C=O) groups is 1. The molecular formula is C18H13BrN4O3S2. The SMILES string of the molecule is O=C(Nc1nc2ccc(NS(=O)(=O)c3ccc(Br)cc3)cc2s1)c1ccc[nH]1. The molecule has 0 aliphatic rings. The van der Waals surface area contributed by atoms with Crippen molar-refractivity contribution in [3.8, 4) is 0 Å². The van der Waals surface area contributed by atoms with Gasteiger partial charge in [-0.1, -0.05) is 27.3 Å². The van der Waals surface area contributed by atoms with E-state index in [0.717, 1.165) is 9.17 Å². The smallest absolute Gasteiger partial charge is 0.273 e. The molecule has 1 amide bonds. The number of hydrogen-bond acceptors (Lipinski definition) is 5. The number of fused-ring (bicyclic) bond motifs is 1. The lowest BCUT2D eigenvalue weighted by Crippen LogP contribution is -2.12. The van der Waals surface area contributed by atoms with Gasteiger partial charge in [0.05, 0.1) is 20.8 Å². The zero-order chi connectivity index (χ0) is 19.7. The Hall–Kier alpha value is -2.69. The monoisotopic (exact) mass is 476 g/mol. The van der Waals surface area contributed by atoms with Crippen LogP contribution in [-0.4, -0.2) is 24.3 Å². The van der Waals surface area contributed by atoms with Crippen LogP contribution in [0.1, 0.15) is 10.5 Å². The van der Waals surface area contributed by atoms with Crippen LogP contribution in [0, 0.1) is 0 Å². The highest BCUT2D eigenvalue weighted by molar-refractivity contribution is 9.10. The van der Waals surface area contributed by atoms with Crippen LogP contribution >= 0.6 is 27.3 Å². The lowest BCUT2D eigenvalue weighted by atomic mass is 10.3. The van der Waals surface area contributed by atoms with Crippen LogP contribution in [0.4, 0.5) is 10.8 Å². The lowest BCUT2D eigenvalue weighted by Gasteiger charge is -2.08. The molecule has 142 valence electrons.